The van der Waals surface area contributed by atoms with Crippen LogP contribution in [0.1, 0.15) is 17.8 Å². The largest absolute Gasteiger partial charge is 0.383 e. The predicted molar refractivity (Wildman–Crippen MR) is 53.6 cm³/mol. The van der Waals surface area contributed by atoms with Crippen LogP contribution in [0.5, 0.6) is 0 Å². The average molecular weight is 209 g/mol. The Labute approximate surface area is 85.0 Å². The number of nitrogens with two attached hydrogens (primary N) is 1. The quantitative estimate of drug-likeness (QED) is 0.784. The number of aromatic nitrogens is 2. The Bertz CT molecular complexity index is 511. The molecular weight excluding hydrogens is 200 g/mol. The summed E-state index contributed by atoms with van der Waals surface area (Å²) >= 11 is 0. The lowest BCUT2D eigenvalue weighted by molar-refractivity contribution is 0.141. The second-order valence-corrected chi connectivity index (χ2v) is 3.24. The van der Waals surface area contributed by atoms with Crippen LogP contribution in [0.25, 0.3) is 10.9 Å². The summed E-state index contributed by atoms with van der Waals surface area (Å²) in [5, 5.41) is 0.641. The fourth-order valence-corrected chi connectivity index (χ4v) is 1.50. The normalized spacial score (nSPS) is 11.2. The van der Waals surface area contributed by atoms with Gasteiger partial charge in [0.05, 0.1) is 5.52 Å². The number of fused-ring (bicyclic) bond motifs is 1. The Morgan fingerprint density at radius 3 is 2.67 bits per heavy atom. The molecule has 0 amide bonds. The first-order valence-corrected chi connectivity index (χ1v) is 4.40. The van der Waals surface area contributed by atoms with E-state index in [0.29, 0.717) is 10.9 Å². The maximum absolute atomic E-state index is 12.4. The standard InChI is InChI=1S/C10H9F2N3/c1-5-3-2-4-6-7(5)9(13)15-10(14-6)8(11)12/h2-4,8H,1H3,(H2,13,14,15). The summed E-state index contributed by atoms with van der Waals surface area (Å²) in [5.74, 6) is -0.418. The second-order valence-electron chi connectivity index (χ2n) is 3.24. The highest BCUT2D eigenvalue weighted by Gasteiger charge is 2.14. The summed E-state index contributed by atoms with van der Waals surface area (Å²) < 4.78 is 24.8. The zero-order valence-electron chi connectivity index (χ0n) is 8.04. The Kier molecular flexibility index (Phi) is 2.22. The van der Waals surface area contributed by atoms with Crippen molar-refractivity contribution in [3.05, 3.63) is 29.6 Å². The first-order chi connectivity index (χ1) is 7.09. The molecule has 78 valence electrons. The molecule has 0 saturated carbocycles. The van der Waals surface area contributed by atoms with E-state index >= 15 is 0 Å². The van der Waals surface area contributed by atoms with Crippen LogP contribution < -0.4 is 5.73 Å². The summed E-state index contributed by atoms with van der Waals surface area (Å²) in [5.41, 5.74) is 6.95. The topological polar surface area (TPSA) is 51.8 Å². The molecule has 2 N–H and O–H groups in total. The number of anilines is 1. The lowest BCUT2D eigenvalue weighted by atomic mass is 10.1. The van der Waals surface area contributed by atoms with Crippen molar-refractivity contribution in [3.63, 3.8) is 0 Å². The third-order valence-electron chi connectivity index (χ3n) is 2.17. The smallest absolute Gasteiger partial charge is 0.297 e. The van der Waals surface area contributed by atoms with E-state index in [4.69, 9.17) is 5.73 Å². The number of aryl methyl sites for hydroxylation is 1. The fourth-order valence-electron chi connectivity index (χ4n) is 1.50. The second kappa shape index (κ2) is 3.42. The molecule has 0 spiro atoms. The molecular formula is C10H9F2N3. The molecule has 0 aliphatic rings. The molecule has 0 radical (unpaired) electrons. The van der Waals surface area contributed by atoms with Gasteiger partial charge in [0.15, 0.2) is 5.82 Å². The maximum Gasteiger partial charge on any atom is 0.297 e. The molecule has 0 aliphatic heterocycles. The van der Waals surface area contributed by atoms with Crippen LogP contribution in [0.4, 0.5) is 14.6 Å². The number of halogens is 2. The van der Waals surface area contributed by atoms with Crippen LogP contribution >= 0.6 is 0 Å². The number of nitrogens with zero attached hydrogens (tertiary/aromatic N) is 2. The molecule has 15 heavy (non-hydrogen) atoms. The molecule has 1 heterocycles. The van der Waals surface area contributed by atoms with Crippen LogP contribution in [-0.4, -0.2) is 9.97 Å². The summed E-state index contributed by atoms with van der Waals surface area (Å²) in [7, 11) is 0. The van der Waals surface area contributed by atoms with Crippen molar-refractivity contribution in [2.75, 3.05) is 5.73 Å². The molecule has 0 saturated heterocycles. The lowest BCUT2D eigenvalue weighted by Crippen LogP contribution is -2.02. The molecule has 2 aromatic rings. The number of rotatable bonds is 1. The van der Waals surface area contributed by atoms with Crippen molar-refractivity contribution >= 4 is 16.7 Å². The molecule has 0 atom stereocenters. The van der Waals surface area contributed by atoms with E-state index in [9.17, 15) is 8.78 Å². The Hall–Kier alpha value is -1.78. The lowest BCUT2D eigenvalue weighted by Gasteiger charge is -2.06. The summed E-state index contributed by atoms with van der Waals surface area (Å²) in [6.07, 6.45) is -2.70. The number of benzene rings is 1. The van der Waals surface area contributed by atoms with Crippen molar-refractivity contribution in [1.29, 1.82) is 0 Å². The molecule has 5 heteroatoms. The van der Waals surface area contributed by atoms with Gasteiger partial charge in [0, 0.05) is 5.39 Å². The van der Waals surface area contributed by atoms with Crippen LogP contribution in [0, 0.1) is 6.92 Å². The third-order valence-corrected chi connectivity index (χ3v) is 2.17. The van der Waals surface area contributed by atoms with Crippen LogP contribution in [0.2, 0.25) is 0 Å². The Balaban J connectivity index is 2.78. The van der Waals surface area contributed by atoms with Gasteiger partial charge < -0.3 is 5.73 Å². The van der Waals surface area contributed by atoms with Gasteiger partial charge in [-0.15, -0.1) is 0 Å². The Morgan fingerprint density at radius 1 is 1.27 bits per heavy atom. The van der Waals surface area contributed by atoms with Crippen LogP contribution in [-0.2, 0) is 0 Å². The van der Waals surface area contributed by atoms with E-state index in [2.05, 4.69) is 9.97 Å². The van der Waals surface area contributed by atoms with Gasteiger partial charge in [-0.1, -0.05) is 12.1 Å². The molecule has 3 nitrogen and oxygen atoms in total. The van der Waals surface area contributed by atoms with E-state index in [-0.39, 0.29) is 5.82 Å². The molecule has 1 aromatic heterocycles. The van der Waals surface area contributed by atoms with E-state index < -0.39 is 12.2 Å². The maximum atomic E-state index is 12.4. The number of alkyl halides is 2. The van der Waals surface area contributed by atoms with Crippen molar-refractivity contribution in [3.8, 4) is 0 Å². The fraction of sp³-hybridized carbons (Fsp3) is 0.200. The first kappa shape index (κ1) is 9.76. The highest BCUT2D eigenvalue weighted by Crippen LogP contribution is 2.24. The van der Waals surface area contributed by atoms with E-state index in [1.165, 1.54) is 0 Å². The summed E-state index contributed by atoms with van der Waals surface area (Å²) in [6.45, 7) is 1.84. The highest BCUT2D eigenvalue weighted by molar-refractivity contribution is 5.90. The summed E-state index contributed by atoms with van der Waals surface area (Å²) in [4.78, 5) is 7.33. The minimum Gasteiger partial charge on any atom is -0.383 e. The van der Waals surface area contributed by atoms with Gasteiger partial charge in [-0.25, -0.2) is 18.7 Å². The van der Waals surface area contributed by atoms with Crippen molar-refractivity contribution in [2.45, 2.75) is 13.3 Å². The van der Waals surface area contributed by atoms with Gasteiger partial charge in [0.2, 0.25) is 0 Å². The molecule has 0 bridgehead atoms. The minimum absolute atomic E-state index is 0.105. The van der Waals surface area contributed by atoms with Gasteiger partial charge in [-0.2, -0.15) is 0 Å². The first-order valence-electron chi connectivity index (χ1n) is 4.40. The van der Waals surface area contributed by atoms with Crippen LogP contribution in [0.15, 0.2) is 18.2 Å². The van der Waals surface area contributed by atoms with E-state index in [1.807, 2.05) is 13.0 Å². The van der Waals surface area contributed by atoms with Gasteiger partial charge in [-0.05, 0) is 18.6 Å². The zero-order valence-corrected chi connectivity index (χ0v) is 8.04. The van der Waals surface area contributed by atoms with Gasteiger partial charge in [0.25, 0.3) is 6.43 Å². The number of nitrogen functional groups attached to an aromatic ring is 1. The minimum atomic E-state index is -2.70. The summed E-state index contributed by atoms with van der Waals surface area (Å²) in [6, 6.07) is 5.23. The zero-order chi connectivity index (χ0) is 11.0. The molecule has 2 rings (SSSR count). The van der Waals surface area contributed by atoms with Gasteiger partial charge in [0.1, 0.15) is 5.82 Å². The van der Waals surface area contributed by atoms with E-state index in [1.54, 1.807) is 12.1 Å². The van der Waals surface area contributed by atoms with Crippen molar-refractivity contribution in [2.24, 2.45) is 0 Å². The highest BCUT2D eigenvalue weighted by atomic mass is 19.3. The molecule has 0 aliphatic carbocycles. The van der Waals surface area contributed by atoms with Crippen molar-refractivity contribution < 1.29 is 8.78 Å². The molecule has 1 aromatic carbocycles. The van der Waals surface area contributed by atoms with E-state index in [0.717, 1.165) is 5.56 Å². The van der Waals surface area contributed by atoms with Gasteiger partial charge >= 0.3 is 0 Å². The average Bonchev–Trinajstić information content (AvgIpc) is 2.17. The van der Waals surface area contributed by atoms with Gasteiger partial charge in [-0.3, -0.25) is 0 Å². The molecule has 0 fully saturated rings. The monoisotopic (exact) mass is 209 g/mol. The van der Waals surface area contributed by atoms with Crippen molar-refractivity contribution in [1.82, 2.24) is 9.97 Å². The van der Waals surface area contributed by atoms with Crippen LogP contribution in [0.3, 0.4) is 0 Å². The predicted octanol–water partition coefficient (Wildman–Crippen LogP) is 2.46. The third kappa shape index (κ3) is 1.60. The number of hydrogen-bond donors (Lipinski definition) is 1. The Morgan fingerprint density at radius 2 is 2.00 bits per heavy atom. The SMILES string of the molecule is Cc1cccc2nc(C(F)F)nc(N)c12. The molecule has 0 unspecified atom stereocenters. The number of hydrogen-bond acceptors (Lipinski definition) is 3.